The molecule has 7 heteroatoms. The second-order valence-electron chi connectivity index (χ2n) is 5.75. The molecule has 0 saturated carbocycles. The van der Waals surface area contributed by atoms with Gasteiger partial charge in [-0.15, -0.1) is 0 Å². The molecule has 0 spiro atoms. The first-order valence-electron chi connectivity index (χ1n) is 7.70. The number of hydrogen-bond acceptors (Lipinski definition) is 4. The number of fused-ring (bicyclic) bond motifs is 1. The van der Waals surface area contributed by atoms with Gasteiger partial charge in [0.2, 0.25) is 0 Å². The summed E-state index contributed by atoms with van der Waals surface area (Å²) in [6, 6.07) is 9.57. The average Bonchev–Trinajstić information content (AvgIpc) is 2.57. The SMILES string of the molecule is Cc1c(CC(=O)O)c(=O)oc2cc(OCc3ccc(Br)cc3F)ccc12. The predicted molar refractivity (Wildman–Crippen MR) is 97.0 cm³/mol. The second-order valence-corrected chi connectivity index (χ2v) is 6.66. The lowest BCUT2D eigenvalue weighted by Crippen LogP contribution is -2.14. The Bertz CT molecular complexity index is 1060. The van der Waals surface area contributed by atoms with Gasteiger partial charge in [0.25, 0.3) is 0 Å². The monoisotopic (exact) mass is 420 g/mol. The number of carboxylic acid groups (broad SMARTS) is 1. The normalized spacial score (nSPS) is 10.9. The van der Waals surface area contributed by atoms with Crippen LogP contribution in [-0.4, -0.2) is 11.1 Å². The zero-order chi connectivity index (χ0) is 18.8. The summed E-state index contributed by atoms with van der Waals surface area (Å²) in [6.07, 6.45) is -0.398. The Balaban J connectivity index is 1.89. The molecule has 1 heterocycles. The molecule has 2 aromatic carbocycles. The van der Waals surface area contributed by atoms with E-state index in [0.717, 1.165) is 0 Å². The van der Waals surface area contributed by atoms with Gasteiger partial charge in [-0.3, -0.25) is 4.79 Å². The maximum absolute atomic E-state index is 13.8. The lowest BCUT2D eigenvalue weighted by molar-refractivity contribution is -0.136. The van der Waals surface area contributed by atoms with Crippen LogP contribution in [0.2, 0.25) is 0 Å². The molecule has 0 aliphatic heterocycles. The second kappa shape index (κ2) is 7.29. The molecule has 26 heavy (non-hydrogen) atoms. The van der Waals surface area contributed by atoms with Gasteiger partial charge in [-0.25, -0.2) is 9.18 Å². The number of ether oxygens (including phenoxy) is 1. The minimum absolute atomic E-state index is 0.0188. The van der Waals surface area contributed by atoms with Crippen LogP contribution >= 0.6 is 15.9 Å². The Morgan fingerprint density at radius 2 is 2.04 bits per heavy atom. The van der Waals surface area contributed by atoms with Crippen molar-refractivity contribution in [3.63, 3.8) is 0 Å². The molecule has 0 saturated heterocycles. The van der Waals surface area contributed by atoms with Crippen molar-refractivity contribution in [3.8, 4) is 5.75 Å². The molecule has 0 amide bonds. The number of benzene rings is 2. The summed E-state index contributed by atoms with van der Waals surface area (Å²) in [5.74, 6) is -1.08. The first kappa shape index (κ1) is 18.1. The number of carbonyl (C=O) groups is 1. The van der Waals surface area contributed by atoms with Crippen molar-refractivity contribution in [3.05, 3.63) is 73.8 Å². The summed E-state index contributed by atoms with van der Waals surface area (Å²) in [7, 11) is 0. The Hall–Kier alpha value is -2.67. The zero-order valence-electron chi connectivity index (χ0n) is 13.7. The molecule has 3 aromatic rings. The summed E-state index contributed by atoms with van der Waals surface area (Å²) < 4.78 is 25.3. The fraction of sp³-hybridized carbons (Fsp3) is 0.158. The molecule has 5 nitrogen and oxygen atoms in total. The quantitative estimate of drug-likeness (QED) is 0.625. The van der Waals surface area contributed by atoms with Crippen molar-refractivity contribution in [1.82, 2.24) is 0 Å². The third-order valence-electron chi connectivity index (χ3n) is 4.00. The largest absolute Gasteiger partial charge is 0.489 e. The molecule has 1 aromatic heterocycles. The summed E-state index contributed by atoms with van der Waals surface area (Å²) in [5.41, 5.74) is 0.673. The Labute approximate surface area is 156 Å². The van der Waals surface area contributed by atoms with E-state index in [2.05, 4.69) is 15.9 Å². The highest BCUT2D eigenvalue weighted by Crippen LogP contribution is 2.25. The van der Waals surface area contributed by atoms with Crippen molar-refractivity contribution in [2.45, 2.75) is 20.0 Å². The molecule has 0 atom stereocenters. The van der Waals surface area contributed by atoms with E-state index in [1.165, 1.54) is 12.1 Å². The maximum atomic E-state index is 13.8. The fourth-order valence-electron chi connectivity index (χ4n) is 2.62. The molecular formula is C19H14BrFO5. The molecule has 0 fully saturated rings. The van der Waals surface area contributed by atoms with Crippen molar-refractivity contribution < 1.29 is 23.4 Å². The summed E-state index contributed by atoms with van der Waals surface area (Å²) in [4.78, 5) is 22.9. The number of hydrogen-bond donors (Lipinski definition) is 1. The average molecular weight is 421 g/mol. The van der Waals surface area contributed by atoms with E-state index in [1.54, 1.807) is 31.2 Å². The smallest absolute Gasteiger partial charge is 0.340 e. The van der Waals surface area contributed by atoms with Crippen LogP contribution in [0.25, 0.3) is 11.0 Å². The van der Waals surface area contributed by atoms with Crippen LogP contribution in [0.3, 0.4) is 0 Å². The zero-order valence-corrected chi connectivity index (χ0v) is 15.3. The van der Waals surface area contributed by atoms with E-state index in [-0.39, 0.29) is 23.6 Å². The molecule has 0 unspecified atom stereocenters. The highest BCUT2D eigenvalue weighted by Gasteiger charge is 2.15. The van der Waals surface area contributed by atoms with Crippen LogP contribution in [0.15, 0.2) is 50.1 Å². The van der Waals surface area contributed by atoms with E-state index in [1.807, 2.05) is 0 Å². The molecule has 0 aliphatic rings. The Kier molecular flexibility index (Phi) is 5.08. The van der Waals surface area contributed by atoms with Crippen LogP contribution in [0.5, 0.6) is 5.75 Å². The van der Waals surface area contributed by atoms with Crippen LogP contribution in [-0.2, 0) is 17.8 Å². The van der Waals surface area contributed by atoms with Crippen LogP contribution < -0.4 is 10.4 Å². The van der Waals surface area contributed by atoms with Gasteiger partial charge in [-0.2, -0.15) is 0 Å². The summed E-state index contributed by atoms with van der Waals surface area (Å²) >= 11 is 3.19. The third-order valence-corrected chi connectivity index (χ3v) is 4.49. The molecule has 0 bridgehead atoms. The number of carboxylic acids is 1. The first-order chi connectivity index (χ1) is 12.3. The van der Waals surface area contributed by atoms with E-state index >= 15 is 0 Å². The van der Waals surface area contributed by atoms with Crippen molar-refractivity contribution in [2.24, 2.45) is 0 Å². The van der Waals surface area contributed by atoms with Crippen molar-refractivity contribution in [2.75, 3.05) is 0 Å². The van der Waals surface area contributed by atoms with Crippen LogP contribution in [0, 0.1) is 12.7 Å². The fourth-order valence-corrected chi connectivity index (χ4v) is 2.95. The standard InChI is InChI=1S/C19H14BrFO5/c1-10-14-5-4-13(25-9-11-2-3-12(20)6-16(11)21)7-17(14)26-19(24)15(10)8-18(22)23/h2-7H,8-9H2,1H3,(H,22,23). The predicted octanol–water partition coefficient (Wildman–Crippen LogP) is 4.21. The van der Waals surface area contributed by atoms with Gasteiger partial charge in [0, 0.05) is 21.5 Å². The minimum atomic E-state index is -1.10. The van der Waals surface area contributed by atoms with Crippen LogP contribution in [0.4, 0.5) is 4.39 Å². The Morgan fingerprint density at radius 3 is 2.73 bits per heavy atom. The maximum Gasteiger partial charge on any atom is 0.340 e. The summed E-state index contributed by atoms with van der Waals surface area (Å²) in [6.45, 7) is 1.69. The molecule has 0 aliphatic carbocycles. The third kappa shape index (κ3) is 3.77. The van der Waals surface area contributed by atoms with Gasteiger partial charge in [-0.1, -0.05) is 22.0 Å². The summed E-state index contributed by atoms with van der Waals surface area (Å²) in [5, 5.41) is 9.54. The number of halogens is 2. The topological polar surface area (TPSA) is 76.7 Å². The van der Waals surface area contributed by atoms with Crippen LogP contribution in [0.1, 0.15) is 16.7 Å². The van der Waals surface area contributed by atoms with Gasteiger partial charge in [0.1, 0.15) is 23.8 Å². The van der Waals surface area contributed by atoms with Crippen molar-refractivity contribution in [1.29, 1.82) is 0 Å². The molecule has 3 rings (SSSR count). The van der Waals surface area contributed by atoms with Gasteiger partial charge in [-0.05, 0) is 36.8 Å². The van der Waals surface area contributed by atoms with E-state index in [9.17, 15) is 14.0 Å². The first-order valence-corrected chi connectivity index (χ1v) is 8.49. The van der Waals surface area contributed by atoms with E-state index < -0.39 is 18.0 Å². The van der Waals surface area contributed by atoms with Gasteiger partial charge >= 0.3 is 11.6 Å². The van der Waals surface area contributed by atoms with Crippen molar-refractivity contribution >= 4 is 32.9 Å². The molecule has 134 valence electrons. The van der Waals surface area contributed by atoms with Gasteiger partial charge in [0.05, 0.1) is 12.0 Å². The van der Waals surface area contributed by atoms with E-state index in [4.69, 9.17) is 14.3 Å². The van der Waals surface area contributed by atoms with E-state index in [0.29, 0.717) is 26.7 Å². The lowest BCUT2D eigenvalue weighted by atomic mass is 10.0. The minimum Gasteiger partial charge on any atom is -0.489 e. The lowest BCUT2D eigenvalue weighted by Gasteiger charge is -2.10. The molecule has 0 radical (unpaired) electrons. The highest BCUT2D eigenvalue weighted by molar-refractivity contribution is 9.10. The Morgan fingerprint density at radius 1 is 1.27 bits per heavy atom. The highest BCUT2D eigenvalue weighted by atomic mass is 79.9. The molecular weight excluding hydrogens is 407 g/mol. The number of aliphatic carboxylic acids is 1. The molecule has 1 N–H and O–H groups in total. The number of aryl methyl sites for hydroxylation is 1. The number of rotatable bonds is 5. The van der Waals surface area contributed by atoms with Gasteiger partial charge in [0.15, 0.2) is 0 Å². The van der Waals surface area contributed by atoms with Gasteiger partial charge < -0.3 is 14.3 Å².